The van der Waals surface area contributed by atoms with Gasteiger partial charge in [0.2, 0.25) is 10.0 Å². The number of fused-ring (bicyclic) bond motifs is 1. The number of allylic oxidation sites excluding steroid dienone is 2. The van der Waals surface area contributed by atoms with Crippen LogP contribution in [0, 0.1) is 18.8 Å². The fraction of sp³-hybridized carbons (Fsp3) is 0.208. The van der Waals surface area contributed by atoms with Crippen LogP contribution in [0.4, 0.5) is 0 Å². The number of nitrogens with one attached hydrogen (secondary N) is 2. The third-order valence-corrected chi connectivity index (χ3v) is 8.71. The van der Waals surface area contributed by atoms with Crippen LogP contribution in [0.3, 0.4) is 0 Å². The highest BCUT2D eigenvalue weighted by Crippen LogP contribution is 2.35. The summed E-state index contributed by atoms with van der Waals surface area (Å²) >= 11 is 1.14. The molecule has 2 unspecified atom stereocenters. The Balaban J connectivity index is 1.43. The van der Waals surface area contributed by atoms with Gasteiger partial charge in [0.25, 0.3) is 0 Å². The molecule has 2 heterocycles. The third kappa shape index (κ3) is 5.07. The molecule has 32 heavy (non-hydrogen) atoms. The maximum atomic E-state index is 12.9. The van der Waals surface area contributed by atoms with Crippen molar-refractivity contribution in [2.24, 2.45) is 0 Å². The van der Waals surface area contributed by atoms with Crippen molar-refractivity contribution in [2.45, 2.75) is 30.4 Å². The van der Waals surface area contributed by atoms with Crippen LogP contribution in [0.2, 0.25) is 0 Å². The second-order valence-electron chi connectivity index (χ2n) is 7.58. The number of H-pyrrole nitrogens is 1. The smallest absolute Gasteiger partial charge is 0.322 e. The first-order valence-corrected chi connectivity index (χ1v) is 12.5. The van der Waals surface area contributed by atoms with Crippen molar-refractivity contribution in [1.29, 1.82) is 0 Å². The van der Waals surface area contributed by atoms with Crippen LogP contribution in [0.5, 0.6) is 0 Å². The van der Waals surface area contributed by atoms with Gasteiger partial charge in [0.1, 0.15) is 10.6 Å². The molecule has 0 spiro atoms. The van der Waals surface area contributed by atoms with Crippen LogP contribution in [-0.4, -0.2) is 35.1 Å². The van der Waals surface area contributed by atoms with Gasteiger partial charge < -0.3 is 10.1 Å². The molecule has 1 aromatic heterocycles. The SMILES string of the molecule is Cc1ccc(C#CC2=CCC(S(=O)(=O)NC(Cc3c[nH]c4ccccc34)C(=O)O)S2)cc1. The zero-order chi connectivity index (χ0) is 22.7. The Labute approximate surface area is 191 Å². The first-order valence-electron chi connectivity index (χ1n) is 10.1. The fourth-order valence-corrected chi connectivity index (χ4v) is 6.30. The molecule has 1 aliphatic rings. The number of sulfonamides is 1. The lowest BCUT2D eigenvalue weighted by molar-refractivity contribution is -0.138. The largest absolute Gasteiger partial charge is 0.480 e. The Hall–Kier alpha value is -2.99. The van der Waals surface area contributed by atoms with Gasteiger partial charge >= 0.3 is 5.97 Å². The molecule has 0 amide bonds. The summed E-state index contributed by atoms with van der Waals surface area (Å²) < 4.78 is 27.4. The molecule has 6 nitrogen and oxygen atoms in total. The maximum absolute atomic E-state index is 12.9. The Morgan fingerprint density at radius 1 is 1.22 bits per heavy atom. The highest BCUT2D eigenvalue weighted by molar-refractivity contribution is 8.15. The number of para-hydroxylation sites is 1. The van der Waals surface area contributed by atoms with Gasteiger partial charge in [-0.2, -0.15) is 4.72 Å². The summed E-state index contributed by atoms with van der Waals surface area (Å²) in [5.74, 6) is 4.84. The standard InChI is InChI=1S/C24H22N2O4S2/c1-16-6-8-17(9-7-16)10-11-19-12-13-23(31-19)32(29,30)26-22(24(27)28)14-18-15-25-21-5-3-2-4-20(18)21/h2-9,12,15,22-23,25-26H,13-14H2,1H3,(H,27,28). The first kappa shape index (κ1) is 22.2. The van der Waals surface area contributed by atoms with E-state index in [-0.39, 0.29) is 12.8 Å². The van der Waals surface area contributed by atoms with Gasteiger partial charge in [0, 0.05) is 29.1 Å². The summed E-state index contributed by atoms with van der Waals surface area (Å²) in [6, 6.07) is 14.0. The molecule has 0 saturated heterocycles. The molecule has 0 saturated carbocycles. The van der Waals surface area contributed by atoms with Crippen molar-refractivity contribution < 1.29 is 18.3 Å². The van der Waals surface area contributed by atoms with E-state index in [1.165, 1.54) is 0 Å². The number of carboxylic acids is 1. The summed E-state index contributed by atoms with van der Waals surface area (Å²) in [5, 5.41) is 10.5. The minimum Gasteiger partial charge on any atom is -0.480 e. The van der Waals surface area contributed by atoms with Crippen LogP contribution >= 0.6 is 11.8 Å². The molecule has 0 aliphatic carbocycles. The predicted octanol–water partition coefficient (Wildman–Crippen LogP) is 3.79. The van der Waals surface area contributed by atoms with E-state index < -0.39 is 26.6 Å². The normalized spacial score (nSPS) is 16.9. The molecule has 8 heteroatoms. The van der Waals surface area contributed by atoms with Crippen LogP contribution in [-0.2, 0) is 21.2 Å². The highest BCUT2D eigenvalue weighted by atomic mass is 32.3. The van der Waals surface area contributed by atoms with Crippen LogP contribution < -0.4 is 4.72 Å². The lowest BCUT2D eigenvalue weighted by Crippen LogP contribution is -2.45. The number of carboxylic acid groups (broad SMARTS) is 1. The molecule has 1 aliphatic heterocycles. The summed E-state index contributed by atoms with van der Waals surface area (Å²) in [7, 11) is -3.88. The second-order valence-corrected chi connectivity index (χ2v) is 11.0. The van der Waals surface area contributed by atoms with E-state index >= 15 is 0 Å². The van der Waals surface area contributed by atoms with Gasteiger partial charge in [0.05, 0.1) is 4.91 Å². The molecule has 0 bridgehead atoms. The average molecular weight is 467 g/mol. The minimum absolute atomic E-state index is 0.0451. The number of carbonyl (C=O) groups is 1. The van der Waals surface area contributed by atoms with E-state index in [1.807, 2.05) is 55.5 Å². The number of aromatic amines is 1. The molecule has 3 N–H and O–H groups in total. The summed E-state index contributed by atoms with van der Waals surface area (Å²) in [6.45, 7) is 2.00. The Morgan fingerprint density at radius 2 is 1.97 bits per heavy atom. The maximum Gasteiger partial charge on any atom is 0.322 e. The number of rotatable bonds is 6. The van der Waals surface area contributed by atoms with E-state index in [1.54, 1.807) is 12.3 Å². The zero-order valence-corrected chi connectivity index (χ0v) is 19.0. The van der Waals surface area contributed by atoms with Gasteiger partial charge in [-0.3, -0.25) is 4.79 Å². The predicted molar refractivity (Wildman–Crippen MR) is 128 cm³/mol. The molecule has 2 atom stereocenters. The van der Waals surface area contributed by atoms with Crippen molar-refractivity contribution in [1.82, 2.24) is 9.71 Å². The molecule has 0 fully saturated rings. The molecule has 3 aromatic rings. The number of thioether (sulfide) groups is 1. The van der Waals surface area contributed by atoms with Gasteiger partial charge in [-0.25, -0.2) is 8.42 Å². The minimum atomic E-state index is -3.88. The molecule has 164 valence electrons. The van der Waals surface area contributed by atoms with Crippen LogP contribution in [0.25, 0.3) is 10.9 Å². The summed E-state index contributed by atoms with van der Waals surface area (Å²) in [4.78, 5) is 15.6. The molecule has 0 radical (unpaired) electrons. The lowest BCUT2D eigenvalue weighted by Gasteiger charge is -2.18. The van der Waals surface area contributed by atoms with Crippen LogP contribution in [0.1, 0.15) is 23.1 Å². The Kier molecular flexibility index (Phi) is 6.42. The molecule has 4 rings (SSSR count). The van der Waals surface area contributed by atoms with Crippen molar-refractivity contribution in [3.63, 3.8) is 0 Å². The van der Waals surface area contributed by atoms with E-state index in [4.69, 9.17) is 0 Å². The van der Waals surface area contributed by atoms with Crippen molar-refractivity contribution in [2.75, 3.05) is 0 Å². The van der Waals surface area contributed by atoms with E-state index in [2.05, 4.69) is 21.5 Å². The van der Waals surface area contributed by atoms with Crippen molar-refractivity contribution in [3.05, 3.63) is 82.4 Å². The Morgan fingerprint density at radius 3 is 2.72 bits per heavy atom. The molecule has 2 aromatic carbocycles. The number of aryl methyl sites for hydroxylation is 1. The average Bonchev–Trinajstić information content (AvgIpc) is 3.41. The highest BCUT2D eigenvalue weighted by Gasteiger charge is 2.34. The van der Waals surface area contributed by atoms with E-state index in [0.29, 0.717) is 4.91 Å². The third-order valence-electron chi connectivity index (χ3n) is 5.19. The number of hydrogen-bond acceptors (Lipinski definition) is 4. The molecular weight excluding hydrogens is 444 g/mol. The van der Waals surface area contributed by atoms with Crippen molar-refractivity contribution >= 4 is 38.7 Å². The number of hydrogen-bond donors (Lipinski definition) is 3. The summed E-state index contributed by atoms with van der Waals surface area (Å²) in [5.41, 5.74) is 3.62. The summed E-state index contributed by atoms with van der Waals surface area (Å²) in [6.07, 6.45) is 3.82. The van der Waals surface area contributed by atoms with Crippen LogP contribution in [0.15, 0.2) is 65.7 Å². The lowest BCUT2D eigenvalue weighted by atomic mass is 10.1. The first-order chi connectivity index (χ1) is 15.3. The van der Waals surface area contributed by atoms with Gasteiger partial charge in [-0.1, -0.05) is 65.6 Å². The van der Waals surface area contributed by atoms with E-state index in [0.717, 1.165) is 39.4 Å². The second kappa shape index (κ2) is 9.25. The quantitative estimate of drug-likeness (QED) is 0.480. The van der Waals surface area contributed by atoms with Gasteiger partial charge in [-0.15, -0.1) is 0 Å². The number of benzene rings is 2. The van der Waals surface area contributed by atoms with Crippen molar-refractivity contribution in [3.8, 4) is 11.8 Å². The Bertz CT molecular complexity index is 1350. The fourth-order valence-electron chi connectivity index (χ4n) is 3.46. The van der Waals surface area contributed by atoms with Gasteiger partial charge in [-0.05, 0) is 37.1 Å². The van der Waals surface area contributed by atoms with E-state index in [9.17, 15) is 18.3 Å². The van der Waals surface area contributed by atoms with Gasteiger partial charge in [0.15, 0.2) is 0 Å². The monoisotopic (exact) mass is 466 g/mol. The zero-order valence-electron chi connectivity index (χ0n) is 17.3. The topological polar surface area (TPSA) is 99.3 Å². The number of aromatic nitrogens is 1. The number of aliphatic carboxylic acids is 1. The molecular formula is C24H22N2O4S2.